The third kappa shape index (κ3) is 2.23. The maximum absolute atomic E-state index is 4.65. The Labute approximate surface area is 144 Å². The second kappa shape index (κ2) is 5.66. The normalized spacial score (nSPS) is 17.5. The molecule has 1 aliphatic heterocycles. The van der Waals surface area contributed by atoms with Crippen LogP contribution in [0, 0.1) is 0 Å². The molecule has 0 bridgehead atoms. The zero-order valence-corrected chi connectivity index (χ0v) is 14.2. The van der Waals surface area contributed by atoms with Crippen LogP contribution in [0.1, 0.15) is 16.9 Å². The number of rotatable bonds is 2. The van der Waals surface area contributed by atoms with E-state index in [2.05, 4.69) is 29.7 Å². The summed E-state index contributed by atoms with van der Waals surface area (Å²) in [6.45, 7) is 3.72. The van der Waals surface area contributed by atoms with E-state index in [-0.39, 0.29) is 0 Å². The average molecular weight is 338 g/mol. The van der Waals surface area contributed by atoms with Crippen molar-refractivity contribution in [2.45, 2.75) is 19.3 Å². The fraction of sp³-hybridized carbons (Fsp3) is 0.412. The van der Waals surface area contributed by atoms with Crippen molar-refractivity contribution >= 4 is 33.3 Å². The van der Waals surface area contributed by atoms with Crippen LogP contribution in [0.2, 0.25) is 0 Å². The van der Waals surface area contributed by atoms with Crippen molar-refractivity contribution < 1.29 is 0 Å². The molecule has 0 saturated carbocycles. The van der Waals surface area contributed by atoms with E-state index in [0.29, 0.717) is 0 Å². The first-order chi connectivity index (χ1) is 11.9. The van der Waals surface area contributed by atoms with Crippen LogP contribution in [-0.2, 0) is 12.8 Å². The highest BCUT2D eigenvalue weighted by molar-refractivity contribution is 7.19. The number of fused-ring (bicyclic) bond motifs is 3. The molecule has 4 heterocycles. The van der Waals surface area contributed by atoms with E-state index >= 15 is 0 Å². The first kappa shape index (κ1) is 14.1. The van der Waals surface area contributed by atoms with Gasteiger partial charge < -0.3 is 9.80 Å². The van der Waals surface area contributed by atoms with Crippen LogP contribution in [-0.4, -0.2) is 46.1 Å². The Morgan fingerprint density at radius 1 is 0.875 bits per heavy atom. The first-order valence-corrected chi connectivity index (χ1v) is 9.24. The quantitative estimate of drug-likeness (QED) is 0.715. The van der Waals surface area contributed by atoms with Gasteiger partial charge in [-0.15, -0.1) is 11.3 Å². The fourth-order valence-electron chi connectivity index (χ4n) is 3.72. The van der Waals surface area contributed by atoms with Crippen LogP contribution < -0.4 is 9.80 Å². The van der Waals surface area contributed by atoms with Crippen molar-refractivity contribution in [3.63, 3.8) is 0 Å². The summed E-state index contributed by atoms with van der Waals surface area (Å²) in [6.07, 6.45) is 8.97. The molecular formula is C17H18N6S. The molecule has 2 aliphatic rings. The van der Waals surface area contributed by atoms with Gasteiger partial charge in [0.25, 0.3) is 0 Å². The van der Waals surface area contributed by atoms with E-state index < -0.39 is 0 Å². The van der Waals surface area contributed by atoms with E-state index in [4.69, 9.17) is 0 Å². The molecule has 1 aliphatic carbocycles. The van der Waals surface area contributed by atoms with E-state index in [1.165, 1.54) is 35.1 Å². The smallest absolute Gasteiger partial charge is 0.225 e. The lowest BCUT2D eigenvalue weighted by Gasteiger charge is -2.35. The van der Waals surface area contributed by atoms with Crippen molar-refractivity contribution in [2.75, 3.05) is 36.0 Å². The van der Waals surface area contributed by atoms with Crippen LogP contribution >= 0.6 is 11.3 Å². The Morgan fingerprint density at radius 3 is 2.50 bits per heavy atom. The summed E-state index contributed by atoms with van der Waals surface area (Å²) in [5, 5.41) is 1.31. The van der Waals surface area contributed by atoms with Gasteiger partial charge in [-0.2, -0.15) is 0 Å². The summed E-state index contributed by atoms with van der Waals surface area (Å²) in [6, 6.07) is 1.86. The monoisotopic (exact) mass is 338 g/mol. The lowest BCUT2D eigenvalue weighted by Crippen LogP contribution is -2.47. The molecule has 0 radical (unpaired) electrons. The maximum Gasteiger partial charge on any atom is 0.225 e. The van der Waals surface area contributed by atoms with Crippen LogP contribution in [0.4, 0.5) is 11.8 Å². The van der Waals surface area contributed by atoms with Crippen molar-refractivity contribution in [1.29, 1.82) is 0 Å². The first-order valence-electron chi connectivity index (χ1n) is 8.42. The summed E-state index contributed by atoms with van der Waals surface area (Å²) >= 11 is 1.85. The number of aryl methyl sites for hydroxylation is 2. The number of nitrogens with zero attached hydrogens (tertiary/aromatic N) is 6. The molecule has 122 valence electrons. The van der Waals surface area contributed by atoms with Gasteiger partial charge in [-0.05, 0) is 30.9 Å². The Bertz CT molecular complexity index is 869. The highest BCUT2D eigenvalue weighted by atomic mass is 32.1. The van der Waals surface area contributed by atoms with Crippen LogP contribution in [0.3, 0.4) is 0 Å². The van der Waals surface area contributed by atoms with E-state index in [9.17, 15) is 0 Å². The molecule has 3 aromatic heterocycles. The fourth-order valence-corrected chi connectivity index (χ4v) is 4.95. The van der Waals surface area contributed by atoms with Crippen molar-refractivity contribution in [3.8, 4) is 0 Å². The standard InChI is InChI=1S/C17H18N6S/c1-3-12-13(4-1)24-16-14(12)15(20-11-21-16)22-7-9-23(10-8-22)17-18-5-2-6-19-17/h2,5-6,11H,1,3-4,7-10H2. The molecule has 1 fully saturated rings. The minimum Gasteiger partial charge on any atom is -0.352 e. The lowest BCUT2D eigenvalue weighted by molar-refractivity contribution is 0.636. The molecule has 5 rings (SSSR count). The SMILES string of the molecule is c1cnc(N2CCN(c3ncnc4sc5c(c34)CCC5)CC2)nc1. The molecular weight excluding hydrogens is 320 g/mol. The van der Waals surface area contributed by atoms with Crippen LogP contribution in [0.25, 0.3) is 10.2 Å². The van der Waals surface area contributed by atoms with Crippen molar-refractivity contribution in [3.05, 3.63) is 35.2 Å². The minimum atomic E-state index is 0.821. The molecule has 0 N–H and O–H groups in total. The average Bonchev–Trinajstić information content (AvgIpc) is 3.23. The van der Waals surface area contributed by atoms with Gasteiger partial charge in [0, 0.05) is 43.4 Å². The molecule has 0 amide bonds. The van der Waals surface area contributed by atoms with Gasteiger partial charge in [-0.1, -0.05) is 0 Å². The van der Waals surface area contributed by atoms with Gasteiger partial charge in [0.05, 0.1) is 5.39 Å². The maximum atomic E-state index is 4.65. The van der Waals surface area contributed by atoms with E-state index in [1.807, 2.05) is 17.4 Å². The highest BCUT2D eigenvalue weighted by Gasteiger charge is 2.26. The van der Waals surface area contributed by atoms with Gasteiger partial charge in [0.15, 0.2) is 0 Å². The molecule has 0 spiro atoms. The second-order valence-electron chi connectivity index (χ2n) is 6.26. The summed E-state index contributed by atoms with van der Waals surface area (Å²) < 4.78 is 0. The van der Waals surface area contributed by atoms with Crippen molar-refractivity contribution in [2.24, 2.45) is 0 Å². The Hall–Kier alpha value is -2.28. The lowest BCUT2D eigenvalue weighted by atomic mass is 10.1. The molecule has 0 aromatic carbocycles. The Kier molecular flexibility index (Phi) is 3.33. The van der Waals surface area contributed by atoms with Gasteiger partial charge in [0.1, 0.15) is 17.0 Å². The second-order valence-corrected chi connectivity index (χ2v) is 7.34. The van der Waals surface area contributed by atoms with Crippen LogP contribution in [0.15, 0.2) is 24.8 Å². The third-order valence-corrected chi connectivity index (χ3v) is 6.10. The number of aromatic nitrogens is 4. The number of anilines is 2. The summed E-state index contributed by atoms with van der Waals surface area (Å²) in [7, 11) is 0. The van der Waals surface area contributed by atoms with E-state index in [1.54, 1.807) is 18.7 Å². The van der Waals surface area contributed by atoms with Gasteiger partial charge in [0.2, 0.25) is 5.95 Å². The zero-order valence-electron chi connectivity index (χ0n) is 13.4. The van der Waals surface area contributed by atoms with Gasteiger partial charge >= 0.3 is 0 Å². The molecule has 3 aromatic rings. The summed E-state index contributed by atoms with van der Waals surface area (Å²) in [4.78, 5) is 25.2. The van der Waals surface area contributed by atoms with Crippen LogP contribution in [0.5, 0.6) is 0 Å². The Balaban J connectivity index is 1.43. The topological polar surface area (TPSA) is 58.0 Å². The molecule has 7 heteroatoms. The Morgan fingerprint density at radius 2 is 1.67 bits per heavy atom. The molecule has 0 unspecified atom stereocenters. The summed E-state index contributed by atoms with van der Waals surface area (Å²) in [5.41, 5.74) is 1.50. The predicted octanol–water partition coefficient (Wildman–Crippen LogP) is 2.30. The highest BCUT2D eigenvalue weighted by Crippen LogP contribution is 2.40. The van der Waals surface area contributed by atoms with Crippen molar-refractivity contribution in [1.82, 2.24) is 19.9 Å². The zero-order chi connectivity index (χ0) is 15.9. The molecule has 1 saturated heterocycles. The van der Waals surface area contributed by atoms with Gasteiger partial charge in [-0.3, -0.25) is 0 Å². The minimum absolute atomic E-state index is 0.821. The number of piperazine rings is 1. The van der Waals surface area contributed by atoms with Gasteiger partial charge in [-0.25, -0.2) is 19.9 Å². The molecule has 0 atom stereocenters. The number of hydrogen-bond donors (Lipinski definition) is 0. The largest absolute Gasteiger partial charge is 0.352 e. The molecule has 24 heavy (non-hydrogen) atoms. The summed E-state index contributed by atoms with van der Waals surface area (Å²) in [5.74, 6) is 1.94. The molecule has 6 nitrogen and oxygen atoms in total. The third-order valence-electron chi connectivity index (χ3n) is 4.90. The van der Waals surface area contributed by atoms with E-state index in [0.717, 1.165) is 42.8 Å². The number of thiophene rings is 1. The number of hydrogen-bond acceptors (Lipinski definition) is 7. The predicted molar refractivity (Wildman–Crippen MR) is 95.9 cm³/mol.